The lowest BCUT2D eigenvalue weighted by atomic mass is 10.0. The molecule has 0 radical (unpaired) electrons. The van der Waals surface area contributed by atoms with Gasteiger partial charge in [0.1, 0.15) is 13.2 Å². The number of carbonyl (C=O) groups is 1. The van der Waals surface area contributed by atoms with Gasteiger partial charge in [0.15, 0.2) is 0 Å². The molecule has 0 saturated heterocycles. The number of quaternary nitrogens is 1. The summed E-state index contributed by atoms with van der Waals surface area (Å²) in [7, 11) is 1.55. The standard InChI is InChI=1S/C56H101N2O6P/c1-6-8-10-12-14-16-17-18-19-20-21-22-23-24-25-26-27-28-29-30-31-32-33-34-35-36-37-38-39-40-41-42-44-46-48-50-56(60)57-54(53-64-65(61,62)63-52-51-58(3,4)5)55(59)49-47-45-43-15-13-11-9-7-2/h8,10,13-16,18-19,21-22,24-25,47,49,54-55,59H,6-7,9,11-12,17,20,23,26-46,48,50-53H2,1-5H3,(H-,57,60,61,62)/p+1/b10-8-,15-13+,16-14-,19-18-,22-21-,25-24-,49-47+. The minimum Gasteiger partial charge on any atom is -0.387 e. The van der Waals surface area contributed by atoms with Crippen molar-refractivity contribution >= 4 is 13.7 Å². The fourth-order valence-corrected chi connectivity index (χ4v) is 7.92. The summed E-state index contributed by atoms with van der Waals surface area (Å²) in [5.74, 6) is -0.192. The third-order valence-corrected chi connectivity index (χ3v) is 12.3. The van der Waals surface area contributed by atoms with Crippen molar-refractivity contribution in [1.29, 1.82) is 0 Å². The summed E-state index contributed by atoms with van der Waals surface area (Å²) < 4.78 is 23.5. The van der Waals surface area contributed by atoms with E-state index >= 15 is 0 Å². The van der Waals surface area contributed by atoms with Crippen LogP contribution in [0.3, 0.4) is 0 Å². The third-order valence-electron chi connectivity index (χ3n) is 11.3. The molecule has 0 bridgehead atoms. The number of phosphoric ester groups is 1. The Balaban J connectivity index is 3.91. The summed E-state index contributed by atoms with van der Waals surface area (Å²) in [6.07, 6.45) is 65.7. The van der Waals surface area contributed by atoms with E-state index in [1.54, 1.807) is 6.08 Å². The highest BCUT2D eigenvalue weighted by molar-refractivity contribution is 7.47. The van der Waals surface area contributed by atoms with Crippen molar-refractivity contribution < 1.29 is 32.9 Å². The molecule has 0 fully saturated rings. The lowest BCUT2D eigenvalue weighted by molar-refractivity contribution is -0.870. The van der Waals surface area contributed by atoms with Gasteiger partial charge in [0.25, 0.3) is 0 Å². The molecule has 9 heteroatoms. The molecule has 0 spiro atoms. The van der Waals surface area contributed by atoms with Crippen LogP contribution in [0.5, 0.6) is 0 Å². The average molecular weight is 930 g/mol. The lowest BCUT2D eigenvalue weighted by Gasteiger charge is -2.25. The Morgan fingerprint density at radius 1 is 0.538 bits per heavy atom. The second kappa shape index (κ2) is 46.8. The molecule has 0 heterocycles. The number of unbranched alkanes of at least 4 members (excludes halogenated alkanes) is 22. The number of nitrogens with one attached hydrogen (secondary N) is 1. The van der Waals surface area contributed by atoms with Crippen LogP contribution in [0.25, 0.3) is 0 Å². The first-order chi connectivity index (χ1) is 31.5. The van der Waals surface area contributed by atoms with Crippen LogP contribution in [0.1, 0.15) is 213 Å². The van der Waals surface area contributed by atoms with Gasteiger partial charge in [-0.2, -0.15) is 0 Å². The zero-order valence-corrected chi connectivity index (χ0v) is 43.6. The van der Waals surface area contributed by atoms with Crippen LogP contribution in [0.2, 0.25) is 0 Å². The van der Waals surface area contributed by atoms with Crippen LogP contribution < -0.4 is 5.32 Å². The second-order valence-electron chi connectivity index (χ2n) is 18.9. The van der Waals surface area contributed by atoms with E-state index in [0.717, 1.165) is 70.6 Å². The van der Waals surface area contributed by atoms with Gasteiger partial charge in [-0.05, 0) is 70.6 Å². The van der Waals surface area contributed by atoms with Crippen molar-refractivity contribution in [3.8, 4) is 0 Å². The third kappa shape index (κ3) is 49.4. The van der Waals surface area contributed by atoms with Gasteiger partial charge in [-0.3, -0.25) is 13.8 Å². The molecule has 0 rings (SSSR count). The molecule has 65 heavy (non-hydrogen) atoms. The van der Waals surface area contributed by atoms with Gasteiger partial charge in [0, 0.05) is 6.42 Å². The quantitative estimate of drug-likeness (QED) is 0.0243. The molecule has 0 aromatic carbocycles. The largest absolute Gasteiger partial charge is 0.472 e. The van der Waals surface area contributed by atoms with Crippen molar-refractivity contribution in [3.63, 3.8) is 0 Å². The molecule has 0 saturated carbocycles. The SMILES string of the molecule is CC/C=C\C/C=C\C/C=C\C/C=C\C/C=C\CCCCCCCCCCCCCCCCCCCCCC(=O)NC(COP(=O)(O)OCC[N+](C)(C)C)C(O)/C=C/CC/C=C/CCCC. The van der Waals surface area contributed by atoms with Crippen molar-refractivity contribution in [1.82, 2.24) is 5.32 Å². The number of rotatable bonds is 47. The lowest BCUT2D eigenvalue weighted by Crippen LogP contribution is -2.45. The zero-order chi connectivity index (χ0) is 47.8. The Labute approximate surface area is 401 Å². The van der Waals surface area contributed by atoms with E-state index in [0.29, 0.717) is 17.4 Å². The number of hydrogen-bond acceptors (Lipinski definition) is 5. The van der Waals surface area contributed by atoms with E-state index in [9.17, 15) is 19.4 Å². The first-order valence-electron chi connectivity index (χ1n) is 26.5. The van der Waals surface area contributed by atoms with Gasteiger partial charge in [0.05, 0.1) is 39.9 Å². The molecule has 3 unspecified atom stereocenters. The molecule has 376 valence electrons. The van der Waals surface area contributed by atoms with Crippen LogP contribution in [-0.4, -0.2) is 73.4 Å². The molecule has 1 amide bonds. The highest BCUT2D eigenvalue weighted by atomic mass is 31.2. The van der Waals surface area contributed by atoms with Crippen LogP contribution >= 0.6 is 7.82 Å². The fraction of sp³-hybridized carbons (Fsp3) is 0.732. The predicted molar refractivity (Wildman–Crippen MR) is 281 cm³/mol. The maximum atomic E-state index is 12.9. The van der Waals surface area contributed by atoms with Crippen molar-refractivity contribution in [3.05, 3.63) is 85.1 Å². The summed E-state index contributed by atoms with van der Waals surface area (Å²) in [6, 6.07) is -0.862. The normalized spacial score (nSPS) is 14.8. The maximum Gasteiger partial charge on any atom is 0.472 e. The molecule has 0 aromatic heterocycles. The molecule has 0 aliphatic carbocycles. The predicted octanol–water partition coefficient (Wildman–Crippen LogP) is 15.7. The molecular weight excluding hydrogens is 828 g/mol. The van der Waals surface area contributed by atoms with E-state index in [2.05, 4.69) is 92.1 Å². The fourth-order valence-electron chi connectivity index (χ4n) is 7.19. The van der Waals surface area contributed by atoms with E-state index in [1.165, 1.54) is 122 Å². The number of carbonyl (C=O) groups excluding carboxylic acids is 1. The highest BCUT2D eigenvalue weighted by Gasteiger charge is 2.27. The Bertz CT molecular complexity index is 1330. The Kier molecular flexibility index (Phi) is 45.1. The first-order valence-corrected chi connectivity index (χ1v) is 28.0. The van der Waals surface area contributed by atoms with Gasteiger partial charge in [-0.25, -0.2) is 4.57 Å². The van der Waals surface area contributed by atoms with E-state index in [4.69, 9.17) is 9.05 Å². The number of amides is 1. The van der Waals surface area contributed by atoms with E-state index in [1.807, 2.05) is 27.2 Å². The van der Waals surface area contributed by atoms with Crippen molar-refractivity contribution in [2.75, 3.05) is 40.9 Å². The smallest absolute Gasteiger partial charge is 0.387 e. The van der Waals surface area contributed by atoms with Crippen LogP contribution in [0, 0.1) is 0 Å². The van der Waals surface area contributed by atoms with Crippen LogP contribution in [0.15, 0.2) is 85.1 Å². The minimum absolute atomic E-state index is 0.0539. The number of aliphatic hydroxyl groups is 1. The molecular formula is C56H102N2O6P+. The molecule has 3 atom stereocenters. The Hall–Kier alpha value is -2.32. The van der Waals surface area contributed by atoms with Gasteiger partial charge >= 0.3 is 7.82 Å². The number of hydrogen-bond donors (Lipinski definition) is 3. The van der Waals surface area contributed by atoms with Crippen molar-refractivity contribution in [2.45, 2.75) is 225 Å². The Morgan fingerprint density at radius 3 is 1.42 bits per heavy atom. The maximum absolute atomic E-state index is 12.9. The summed E-state index contributed by atoms with van der Waals surface area (Å²) in [6.45, 7) is 4.59. The number of nitrogens with zero attached hydrogens (tertiary/aromatic N) is 1. The minimum atomic E-state index is -4.34. The van der Waals surface area contributed by atoms with Crippen LogP contribution in [0.4, 0.5) is 0 Å². The summed E-state index contributed by atoms with van der Waals surface area (Å²) >= 11 is 0. The van der Waals surface area contributed by atoms with Gasteiger partial charge in [-0.15, -0.1) is 0 Å². The van der Waals surface area contributed by atoms with E-state index in [-0.39, 0.29) is 19.1 Å². The van der Waals surface area contributed by atoms with Crippen molar-refractivity contribution in [2.24, 2.45) is 0 Å². The van der Waals surface area contributed by atoms with Gasteiger partial charge in [0.2, 0.25) is 5.91 Å². The summed E-state index contributed by atoms with van der Waals surface area (Å²) in [4.78, 5) is 23.1. The molecule has 3 N–H and O–H groups in total. The van der Waals surface area contributed by atoms with Gasteiger partial charge < -0.3 is 19.8 Å². The number of likely N-dealkylation sites (N-methyl/N-ethyl adjacent to an activating group) is 1. The summed E-state index contributed by atoms with van der Waals surface area (Å²) in [5.41, 5.74) is 0. The zero-order valence-electron chi connectivity index (χ0n) is 42.7. The number of aliphatic hydroxyl groups excluding tert-OH is 1. The monoisotopic (exact) mass is 930 g/mol. The highest BCUT2D eigenvalue weighted by Crippen LogP contribution is 2.43. The molecule has 8 nitrogen and oxygen atoms in total. The second-order valence-corrected chi connectivity index (χ2v) is 20.3. The summed E-state index contributed by atoms with van der Waals surface area (Å²) in [5, 5.41) is 13.7. The Morgan fingerprint density at radius 2 is 0.938 bits per heavy atom. The first kappa shape index (κ1) is 62.7. The molecule has 0 aliphatic heterocycles. The number of phosphoric acid groups is 1. The van der Waals surface area contributed by atoms with Crippen LogP contribution in [-0.2, 0) is 18.4 Å². The van der Waals surface area contributed by atoms with E-state index < -0.39 is 20.0 Å². The number of allylic oxidation sites excluding steroid dienone is 13. The topological polar surface area (TPSA) is 105 Å². The average Bonchev–Trinajstić information content (AvgIpc) is 3.26. The molecule has 0 aliphatic rings. The molecule has 0 aromatic rings. The van der Waals surface area contributed by atoms with Gasteiger partial charge in [-0.1, -0.05) is 221 Å².